The second kappa shape index (κ2) is 4.05. The summed E-state index contributed by atoms with van der Waals surface area (Å²) in [6.45, 7) is 5.51. The van der Waals surface area contributed by atoms with Gasteiger partial charge in [-0.25, -0.2) is 0 Å². The number of thiophene rings is 1. The summed E-state index contributed by atoms with van der Waals surface area (Å²) in [6.07, 6.45) is -0.544. The van der Waals surface area contributed by atoms with Gasteiger partial charge >= 0.3 is 0 Å². The molecule has 0 saturated carbocycles. The molecule has 1 atom stereocenters. The van der Waals surface area contributed by atoms with Gasteiger partial charge in [0.15, 0.2) is 0 Å². The van der Waals surface area contributed by atoms with E-state index in [2.05, 4.69) is 38.4 Å². The van der Waals surface area contributed by atoms with Gasteiger partial charge in [-0.15, -0.1) is 11.3 Å². The molecular weight excluding hydrogens is 304 g/mol. The molecule has 0 radical (unpaired) electrons. The zero-order valence-electron chi connectivity index (χ0n) is 6.47. The second-order valence-electron chi connectivity index (χ2n) is 2.52. The molecule has 0 aliphatic heterocycles. The fourth-order valence-electron chi connectivity index (χ4n) is 0.741. The summed E-state index contributed by atoms with van der Waals surface area (Å²) in [7, 11) is 0. The highest BCUT2D eigenvalue weighted by Crippen LogP contribution is 2.36. The normalized spacial score (nSPS) is 13.0. The van der Waals surface area contributed by atoms with E-state index in [9.17, 15) is 5.11 Å². The predicted molar refractivity (Wildman–Crippen MR) is 59.5 cm³/mol. The average molecular weight is 312 g/mol. The van der Waals surface area contributed by atoms with Crippen LogP contribution in [0, 0.1) is 0 Å². The molecule has 1 nitrogen and oxygen atoms in total. The van der Waals surface area contributed by atoms with Gasteiger partial charge in [0, 0.05) is 9.35 Å². The molecule has 0 bridgehead atoms. The fourth-order valence-corrected chi connectivity index (χ4v) is 2.91. The summed E-state index contributed by atoms with van der Waals surface area (Å²) >= 11 is 8.23. The van der Waals surface area contributed by atoms with Crippen molar-refractivity contribution in [3.63, 3.8) is 0 Å². The molecule has 0 fully saturated rings. The molecule has 0 aliphatic carbocycles. The Hall–Kier alpha value is 0.360. The third-order valence-electron chi connectivity index (χ3n) is 1.40. The number of halogens is 2. The molecule has 0 aromatic carbocycles. The summed E-state index contributed by atoms with van der Waals surface area (Å²) in [4.78, 5) is 0.904. The Morgan fingerprint density at radius 1 is 1.67 bits per heavy atom. The molecule has 4 heteroatoms. The summed E-state index contributed by atoms with van der Waals surface area (Å²) < 4.78 is 1.97. The first-order valence-electron chi connectivity index (χ1n) is 3.30. The largest absolute Gasteiger partial charge is 0.383 e. The maximum atomic E-state index is 9.60. The molecule has 1 N–H and O–H groups in total. The molecule has 0 amide bonds. The van der Waals surface area contributed by atoms with Crippen molar-refractivity contribution < 1.29 is 5.11 Å². The van der Waals surface area contributed by atoms with Crippen LogP contribution < -0.4 is 0 Å². The van der Waals surface area contributed by atoms with E-state index in [4.69, 9.17) is 0 Å². The van der Waals surface area contributed by atoms with E-state index in [1.54, 1.807) is 0 Å². The van der Waals surface area contributed by atoms with Crippen LogP contribution in [0.1, 0.15) is 17.9 Å². The summed E-state index contributed by atoms with van der Waals surface area (Å²) in [5.41, 5.74) is 0.760. The topological polar surface area (TPSA) is 20.2 Å². The summed E-state index contributed by atoms with van der Waals surface area (Å²) in [5, 5.41) is 9.60. The van der Waals surface area contributed by atoms with Crippen molar-refractivity contribution in [3.05, 3.63) is 31.4 Å². The van der Waals surface area contributed by atoms with E-state index >= 15 is 0 Å². The van der Waals surface area contributed by atoms with E-state index in [0.29, 0.717) is 0 Å². The molecule has 0 spiro atoms. The number of hydrogen-bond acceptors (Lipinski definition) is 2. The van der Waals surface area contributed by atoms with Crippen LogP contribution in [-0.4, -0.2) is 5.11 Å². The number of aliphatic hydroxyl groups excluding tert-OH is 1. The minimum absolute atomic E-state index is 0.544. The molecule has 0 saturated heterocycles. The molecule has 0 aliphatic rings. The highest BCUT2D eigenvalue weighted by molar-refractivity contribution is 9.13. The van der Waals surface area contributed by atoms with Gasteiger partial charge in [0.05, 0.1) is 3.79 Å². The lowest BCUT2D eigenvalue weighted by Crippen LogP contribution is -1.93. The van der Waals surface area contributed by atoms with Crippen molar-refractivity contribution in [2.45, 2.75) is 13.0 Å². The SMILES string of the molecule is C=C(C)C(O)c1cc(Br)c(Br)s1. The molecule has 1 heterocycles. The average Bonchev–Trinajstić information content (AvgIpc) is 2.30. The minimum atomic E-state index is -0.544. The van der Waals surface area contributed by atoms with Crippen molar-refractivity contribution in [1.82, 2.24) is 0 Å². The van der Waals surface area contributed by atoms with Crippen LogP contribution in [-0.2, 0) is 0 Å². The van der Waals surface area contributed by atoms with Crippen LogP contribution in [0.4, 0.5) is 0 Å². The Morgan fingerprint density at radius 2 is 2.25 bits per heavy atom. The standard InChI is InChI=1S/C8H8Br2OS/c1-4(2)7(11)6-3-5(9)8(10)12-6/h3,7,11H,1H2,2H3. The molecule has 12 heavy (non-hydrogen) atoms. The minimum Gasteiger partial charge on any atom is -0.383 e. The van der Waals surface area contributed by atoms with Crippen LogP contribution in [0.25, 0.3) is 0 Å². The van der Waals surface area contributed by atoms with Gasteiger partial charge in [-0.3, -0.25) is 0 Å². The lowest BCUT2D eigenvalue weighted by Gasteiger charge is -2.05. The highest BCUT2D eigenvalue weighted by atomic mass is 79.9. The summed E-state index contributed by atoms with van der Waals surface area (Å²) in [6, 6.07) is 1.90. The molecule has 1 unspecified atom stereocenters. The number of hydrogen-bond donors (Lipinski definition) is 1. The van der Waals surface area contributed by atoms with Crippen molar-refractivity contribution in [3.8, 4) is 0 Å². The predicted octanol–water partition coefficient (Wildman–Crippen LogP) is 3.88. The monoisotopic (exact) mass is 310 g/mol. The Kier molecular flexibility index (Phi) is 3.52. The second-order valence-corrected chi connectivity index (χ2v) is 5.78. The van der Waals surface area contributed by atoms with Crippen LogP contribution in [0.15, 0.2) is 26.5 Å². The third-order valence-corrected chi connectivity index (χ3v) is 4.71. The van der Waals surface area contributed by atoms with Crippen molar-refractivity contribution >= 4 is 43.2 Å². The number of rotatable bonds is 2. The first-order chi connectivity index (χ1) is 5.52. The van der Waals surface area contributed by atoms with Crippen molar-refractivity contribution in [2.24, 2.45) is 0 Å². The molecular formula is C8H8Br2OS. The van der Waals surface area contributed by atoms with Crippen LogP contribution in [0.3, 0.4) is 0 Å². The van der Waals surface area contributed by atoms with Gasteiger partial charge < -0.3 is 5.11 Å². The van der Waals surface area contributed by atoms with Crippen molar-refractivity contribution in [1.29, 1.82) is 0 Å². The van der Waals surface area contributed by atoms with Crippen LogP contribution in [0.2, 0.25) is 0 Å². The maximum Gasteiger partial charge on any atom is 0.109 e. The smallest absolute Gasteiger partial charge is 0.109 e. The lowest BCUT2D eigenvalue weighted by molar-refractivity contribution is 0.220. The van der Waals surface area contributed by atoms with E-state index in [-0.39, 0.29) is 0 Å². The molecule has 1 aromatic rings. The zero-order valence-corrected chi connectivity index (χ0v) is 10.5. The molecule has 1 aromatic heterocycles. The quantitative estimate of drug-likeness (QED) is 0.822. The Balaban J connectivity index is 2.96. The van der Waals surface area contributed by atoms with E-state index in [1.807, 2.05) is 13.0 Å². The fraction of sp³-hybridized carbons (Fsp3) is 0.250. The Morgan fingerprint density at radius 3 is 2.58 bits per heavy atom. The van der Waals surface area contributed by atoms with E-state index in [0.717, 1.165) is 18.7 Å². The zero-order chi connectivity index (χ0) is 9.30. The lowest BCUT2D eigenvalue weighted by atomic mass is 10.2. The highest BCUT2D eigenvalue weighted by Gasteiger charge is 2.12. The molecule has 66 valence electrons. The molecule has 1 rings (SSSR count). The summed E-state index contributed by atoms with van der Waals surface area (Å²) in [5.74, 6) is 0. The van der Waals surface area contributed by atoms with Gasteiger partial charge in [-0.1, -0.05) is 6.58 Å². The van der Waals surface area contributed by atoms with Gasteiger partial charge in [0.2, 0.25) is 0 Å². The van der Waals surface area contributed by atoms with Crippen LogP contribution >= 0.6 is 43.2 Å². The van der Waals surface area contributed by atoms with Crippen molar-refractivity contribution in [2.75, 3.05) is 0 Å². The van der Waals surface area contributed by atoms with E-state index < -0.39 is 6.10 Å². The Bertz CT molecular complexity index is 287. The third kappa shape index (κ3) is 2.19. The first kappa shape index (κ1) is 10.4. The first-order valence-corrected chi connectivity index (χ1v) is 5.71. The maximum absolute atomic E-state index is 9.60. The van der Waals surface area contributed by atoms with Gasteiger partial charge in [-0.05, 0) is 50.4 Å². The van der Waals surface area contributed by atoms with E-state index in [1.165, 1.54) is 11.3 Å². The van der Waals surface area contributed by atoms with Gasteiger partial charge in [0.1, 0.15) is 6.10 Å². The van der Waals surface area contributed by atoms with Gasteiger partial charge in [0.25, 0.3) is 0 Å². The number of aliphatic hydroxyl groups is 1. The van der Waals surface area contributed by atoms with Crippen LogP contribution in [0.5, 0.6) is 0 Å². The van der Waals surface area contributed by atoms with Gasteiger partial charge in [-0.2, -0.15) is 0 Å². The Labute approximate surface area is 92.4 Å².